The molecule has 2 aliphatic rings. The maximum absolute atomic E-state index is 6.24. The Morgan fingerprint density at radius 1 is 1.29 bits per heavy atom. The van der Waals surface area contributed by atoms with Gasteiger partial charge in [0.2, 0.25) is 0 Å². The number of hydrogen-bond acceptors (Lipinski definition) is 1. The SMILES string of the molecule is Clc1cccc2c1CCCNC21CC1. The summed E-state index contributed by atoms with van der Waals surface area (Å²) in [5, 5.41) is 4.61. The van der Waals surface area contributed by atoms with Crippen molar-refractivity contribution >= 4 is 11.6 Å². The molecular formula is C12H14ClN. The normalized spacial score (nSPS) is 22.9. The Morgan fingerprint density at radius 2 is 2.14 bits per heavy atom. The largest absolute Gasteiger partial charge is 0.307 e. The molecule has 2 heteroatoms. The van der Waals surface area contributed by atoms with Gasteiger partial charge in [0.1, 0.15) is 0 Å². The van der Waals surface area contributed by atoms with E-state index in [1.165, 1.54) is 30.4 Å². The maximum atomic E-state index is 6.24. The van der Waals surface area contributed by atoms with Crippen LogP contribution < -0.4 is 5.32 Å². The van der Waals surface area contributed by atoms with Crippen molar-refractivity contribution in [3.63, 3.8) is 0 Å². The molecule has 0 radical (unpaired) electrons. The summed E-state index contributed by atoms with van der Waals surface area (Å²) in [5.74, 6) is 0. The first kappa shape index (κ1) is 8.75. The van der Waals surface area contributed by atoms with E-state index in [-0.39, 0.29) is 0 Å². The van der Waals surface area contributed by atoms with Crippen molar-refractivity contribution in [1.82, 2.24) is 5.32 Å². The van der Waals surface area contributed by atoms with E-state index < -0.39 is 0 Å². The first-order valence-electron chi connectivity index (χ1n) is 5.35. The zero-order valence-corrected chi connectivity index (χ0v) is 8.90. The molecule has 0 aromatic heterocycles. The summed E-state index contributed by atoms with van der Waals surface area (Å²) in [7, 11) is 0. The molecule has 0 unspecified atom stereocenters. The summed E-state index contributed by atoms with van der Waals surface area (Å²) in [6, 6.07) is 6.34. The van der Waals surface area contributed by atoms with Crippen molar-refractivity contribution < 1.29 is 0 Å². The predicted molar refractivity (Wildman–Crippen MR) is 58.7 cm³/mol. The van der Waals surface area contributed by atoms with Gasteiger partial charge >= 0.3 is 0 Å². The first-order valence-corrected chi connectivity index (χ1v) is 5.73. The number of hydrogen-bond donors (Lipinski definition) is 1. The summed E-state index contributed by atoms with van der Waals surface area (Å²) in [4.78, 5) is 0. The van der Waals surface area contributed by atoms with Crippen LogP contribution in [0.2, 0.25) is 5.02 Å². The Balaban J connectivity index is 2.16. The highest BCUT2D eigenvalue weighted by Gasteiger charge is 2.45. The third kappa shape index (κ3) is 1.19. The van der Waals surface area contributed by atoms with Gasteiger partial charge in [0.15, 0.2) is 0 Å². The van der Waals surface area contributed by atoms with Crippen LogP contribution in [-0.2, 0) is 12.0 Å². The van der Waals surface area contributed by atoms with Crippen LogP contribution in [0.15, 0.2) is 18.2 Å². The number of halogens is 1. The lowest BCUT2D eigenvalue weighted by Crippen LogP contribution is -2.28. The van der Waals surface area contributed by atoms with Gasteiger partial charge in [0, 0.05) is 10.6 Å². The molecule has 0 amide bonds. The minimum atomic E-state index is 0.302. The van der Waals surface area contributed by atoms with Gasteiger partial charge in [0.05, 0.1) is 0 Å². The molecule has 0 bridgehead atoms. The molecule has 1 nitrogen and oxygen atoms in total. The molecular weight excluding hydrogens is 194 g/mol. The van der Waals surface area contributed by atoms with Crippen LogP contribution in [0.5, 0.6) is 0 Å². The summed E-state index contributed by atoms with van der Waals surface area (Å²) in [6.07, 6.45) is 4.89. The minimum absolute atomic E-state index is 0.302. The molecule has 0 saturated heterocycles. The van der Waals surface area contributed by atoms with Crippen molar-refractivity contribution in [2.45, 2.75) is 31.2 Å². The van der Waals surface area contributed by atoms with Crippen LogP contribution in [0.25, 0.3) is 0 Å². The topological polar surface area (TPSA) is 12.0 Å². The monoisotopic (exact) mass is 207 g/mol. The molecule has 1 aliphatic heterocycles. The van der Waals surface area contributed by atoms with Gasteiger partial charge in [-0.15, -0.1) is 0 Å². The fraction of sp³-hybridized carbons (Fsp3) is 0.500. The van der Waals surface area contributed by atoms with E-state index in [2.05, 4.69) is 17.4 Å². The fourth-order valence-electron chi connectivity index (χ4n) is 2.52. The number of benzene rings is 1. The Kier molecular flexibility index (Phi) is 1.86. The molecule has 3 rings (SSSR count). The van der Waals surface area contributed by atoms with Crippen molar-refractivity contribution in [2.24, 2.45) is 0 Å². The van der Waals surface area contributed by atoms with E-state index in [0.717, 1.165) is 18.0 Å². The van der Waals surface area contributed by atoms with Crippen LogP contribution in [-0.4, -0.2) is 6.54 Å². The van der Waals surface area contributed by atoms with E-state index in [1.54, 1.807) is 0 Å². The van der Waals surface area contributed by atoms with Gasteiger partial charge in [-0.1, -0.05) is 23.7 Å². The Hall–Kier alpha value is -0.530. The molecule has 74 valence electrons. The average Bonchev–Trinajstić information content (AvgIpc) is 2.97. The highest BCUT2D eigenvalue weighted by molar-refractivity contribution is 6.31. The molecule has 1 heterocycles. The zero-order valence-electron chi connectivity index (χ0n) is 8.15. The first-order chi connectivity index (χ1) is 6.82. The molecule has 1 fully saturated rings. The van der Waals surface area contributed by atoms with Gasteiger partial charge in [0.25, 0.3) is 0 Å². The Bertz CT molecular complexity index is 369. The standard InChI is InChI=1S/C12H14ClN/c13-11-5-1-4-10-9(11)3-2-8-14-12(10)6-7-12/h1,4-5,14H,2-3,6-8H2. The van der Waals surface area contributed by atoms with Crippen LogP contribution in [0.1, 0.15) is 30.4 Å². The zero-order chi connectivity index (χ0) is 9.60. The highest BCUT2D eigenvalue weighted by Crippen LogP contribution is 2.48. The lowest BCUT2D eigenvalue weighted by Gasteiger charge is -2.17. The number of rotatable bonds is 0. The van der Waals surface area contributed by atoms with Crippen LogP contribution in [0, 0.1) is 0 Å². The van der Waals surface area contributed by atoms with Crippen molar-refractivity contribution in [1.29, 1.82) is 0 Å². The van der Waals surface area contributed by atoms with Crippen LogP contribution >= 0.6 is 11.6 Å². The van der Waals surface area contributed by atoms with Crippen LogP contribution in [0.3, 0.4) is 0 Å². The van der Waals surface area contributed by atoms with E-state index in [1.807, 2.05) is 6.07 Å². The van der Waals surface area contributed by atoms with Gasteiger partial charge in [-0.25, -0.2) is 0 Å². The van der Waals surface area contributed by atoms with Crippen molar-refractivity contribution in [3.05, 3.63) is 34.3 Å². The van der Waals surface area contributed by atoms with Crippen molar-refractivity contribution in [2.75, 3.05) is 6.54 Å². The second kappa shape index (κ2) is 2.98. The van der Waals surface area contributed by atoms with Gasteiger partial charge in [-0.05, 0) is 49.4 Å². The molecule has 1 N–H and O–H groups in total. The average molecular weight is 208 g/mol. The number of nitrogens with one attached hydrogen (secondary N) is 1. The second-order valence-corrected chi connectivity index (χ2v) is 4.79. The predicted octanol–water partition coefficient (Wildman–Crippen LogP) is 2.86. The quantitative estimate of drug-likeness (QED) is 0.690. The summed E-state index contributed by atoms with van der Waals surface area (Å²) < 4.78 is 0. The molecule has 1 aromatic carbocycles. The lowest BCUT2D eigenvalue weighted by molar-refractivity contribution is 0.530. The molecule has 0 atom stereocenters. The van der Waals surface area contributed by atoms with Gasteiger partial charge in [-0.2, -0.15) is 0 Å². The summed E-state index contributed by atoms with van der Waals surface area (Å²) in [5.41, 5.74) is 3.15. The molecule has 1 spiro atoms. The maximum Gasteiger partial charge on any atom is 0.0441 e. The Morgan fingerprint density at radius 3 is 2.93 bits per heavy atom. The smallest absolute Gasteiger partial charge is 0.0441 e. The molecule has 1 aromatic rings. The molecule has 14 heavy (non-hydrogen) atoms. The van der Waals surface area contributed by atoms with Gasteiger partial charge < -0.3 is 5.32 Å². The highest BCUT2D eigenvalue weighted by atomic mass is 35.5. The molecule has 1 aliphatic carbocycles. The minimum Gasteiger partial charge on any atom is -0.307 e. The second-order valence-electron chi connectivity index (χ2n) is 4.38. The Labute approximate surface area is 89.5 Å². The summed E-state index contributed by atoms with van der Waals surface area (Å²) >= 11 is 6.24. The van der Waals surface area contributed by atoms with E-state index in [9.17, 15) is 0 Å². The van der Waals surface area contributed by atoms with Crippen molar-refractivity contribution in [3.8, 4) is 0 Å². The number of fused-ring (bicyclic) bond motifs is 2. The summed E-state index contributed by atoms with van der Waals surface area (Å²) in [6.45, 7) is 1.13. The third-order valence-corrected chi connectivity index (χ3v) is 3.81. The molecule has 1 saturated carbocycles. The fourth-order valence-corrected chi connectivity index (χ4v) is 2.79. The van der Waals surface area contributed by atoms with Crippen LogP contribution in [0.4, 0.5) is 0 Å². The van der Waals surface area contributed by atoms with E-state index in [0.29, 0.717) is 5.54 Å². The van der Waals surface area contributed by atoms with Gasteiger partial charge in [-0.3, -0.25) is 0 Å². The van der Waals surface area contributed by atoms with E-state index >= 15 is 0 Å². The third-order valence-electron chi connectivity index (χ3n) is 3.45. The lowest BCUT2D eigenvalue weighted by atomic mass is 9.97. The van der Waals surface area contributed by atoms with E-state index in [4.69, 9.17) is 11.6 Å².